The third-order valence-corrected chi connectivity index (χ3v) is 3.87. The molecule has 0 radical (unpaired) electrons. The summed E-state index contributed by atoms with van der Waals surface area (Å²) in [5.41, 5.74) is 0.931. The highest BCUT2D eigenvalue weighted by atomic mass is 19.4. The summed E-state index contributed by atoms with van der Waals surface area (Å²) < 4.78 is 43.9. The summed E-state index contributed by atoms with van der Waals surface area (Å²) in [6.45, 7) is 0.334. The molecule has 3 rings (SSSR count). The Hall–Kier alpha value is -3.61. The average molecular weight is 398 g/mol. The Morgan fingerprint density at radius 3 is 2.66 bits per heavy atom. The van der Waals surface area contributed by atoms with Crippen molar-refractivity contribution >= 4 is 17.7 Å². The second kappa shape index (κ2) is 9.05. The zero-order valence-corrected chi connectivity index (χ0v) is 15.2. The number of hydrogen-bond donors (Lipinski definition) is 1. The molecule has 0 atom stereocenters. The Morgan fingerprint density at radius 2 is 1.90 bits per heavy atom. The van der Waals surface area contributed by atoms with Gasteiger partial charge >= 0.3 is 6.18 Å². The second-order valence-corrected chi connectivity index (χ2v) is 6.12. The molecule has 0 aliphatic rings. The zero-order chi connectivity index (χ0) is 20.7. The summed E-state index contributed by atoms with van der Waals surface area (Å²) in [6, 6.07) is 15.3. The van der Waals surface area contributed by atoms with E-state index in [9.17, 15) is 18.0 Å². The average Bonchev–Trinajstić information content (AvgIpc) is 2.71. The van der Waals surface area contributed by atoms with E-state index >= 15 is 0 Å². The minimum absolute atomic E-state index is 0.281. The summed E-state index contributed by atoms with van der Waals surface area (Å²) in [4.78, 5) is 16.1. The van der Waals surface area contributed by atoms with E-state index < -0.39 is 17.6 Å². The van der Waals surface area contributed by atoms with E-state index in [0.717, 1.165) is 17.7 Å². The number of pyridine rings is 1. The number of benzene rings is 2. The molecule has 148 valence electrons. The maximum atomic E-state index is 12.7. The molecule has 0 unspecified atom stereocenters. The van der Waals surface area contributed by atoms with Gasteiger partial charge in [0.15, 0.2) is 0 Å². The van der Waals surface area contributed by atoms with Crippen molar-refractivity contribution < 1.29 is 22.7 Å². The first-order chi connectivity index (χ1) is 13.9. The van der Waals surface area contributed by atoms with Gasteiger partial charge in [-0.1, -0.05) is 24.3 Å². The molecule has 2 aromatic carbocycles. The Morgan fingerprint density at radius 1 is 1.07 bits per heavy atom. The monoisotopic (exact) mass is 398 g/mol. The van der Waals surface area contributed by atoms with E-state index in [1.807, 2.05) is 12.1 Å². The quantitative estimate of drug-likeness (QED) is 0.571. The van der Waals surface area contributed by atoms with E-state index in [4.69, 9.17) is 4.74 Å². The van der Waals surface area contributed by atoms with Gasteiger partial charge < -0.3 is 10.1 Å². The van der Waals surface area contributed by atoms with Gasteiger partial charge in [0.2, 0.25) is 5.91 Å². The molecule has 0 spiro atoms. The number of carbonyl (C=O) groups is 1. The number of nitrogens with one attached hydrogen (secondary N) is 1. The Labute approximate surface area is 165 Å². The molecule has 0 saturated carbocycles. The van der Waals surface area contributed by atoms with Crippen LogP contribution in [0, 0.1) is 0 Å². The van der Waals surface area contributed by atoms with Gasteiger partial charge in [-0.2, -0.15) is 13.2 Å². The number of hydrogen-bond acceptors (Lipinski definition) is 3. The lowest BCUT2D eigenvalue weighted by molar-refractivity contribution is -0.137. The van der Waals surface area contributed by atoms with Gasteiger partial charge in [0, 0.05) is 35.8 Å². The molecule has 0 saturated heterocycles. The SMILES string of the molecule is O=C(/C=C/c1cccc(C(F)(F)F)c1)Nc1cccc(OCc2cccnc2)c1. The number of anilines is 1. The molecular weight excluding hydrogens is 381 g/mol. The highest BCUT2D eigenvalue weighted by Gasteiger charge is 2.30. The first-order valence-corrected chi connectivity index (χ1v) is 8.68. The van der Waals surface area contributed by atoms with Gasteiger partial charge in [-0.15, -0.1) is 0 Å². The third-order valence-electron chi connectivity index (χ3n) is 3.87. The van der Waals surface area contributed by atoms with Crippen LogP contribution in [-0.4, -0.2) is 10.9 Å². The van der Waals surface area contributed by atoms with Crippen molar-refractivity contribution in [2.24, 2.45) is 0 Å². The van der Waals surface area contributed by atoms with E-state index in [0.29, 0.717) is 18.0 Å². The van der Waals surface area contributed by atoms with Crippen molar-refractivity contribution in [3.8, 4) is 5.75 Å². The molecule has 4 nitrogen and oxygen atoms in total. The van der Waals surface area contributed by atoms with Crippen LogP contribution in [0.4, 0.5) is 18.9 Å². The summed E-state index contributed by atoms with van der Waals surface area (Å²) in [6.07, 6.45) is 1.45. The summed E-state index contributed by atoms with van der Waals surface area (Å²) in [5.74, 6) is 0.0975. The van der Waals surface area contributed by atoms with Crippen LogP contribution in [0.25, 0.3) is 6.08 Å². The number of rotatable bonds is 6. The molecule has 1 N–H and O–H groups in total. The summed E-state index contributed by atoms with van der Waals surface area (Å²) in [7, 11) is 0. The maximum Gasteiger partial charge on any atom is 0.416 e. The molecule has 0 aliphatic heterocycles. The van der Waals surface area contributed by atoms with Gasteiger partial charge in [0.25, 0.3) is 0 Å². The highest BCUT2D eigenvalue weighted by molar-refractivity contribution is 6.02. The second-order valence-electron chi connectivity index (χ2n) is 6.12. The van der Waals surface area contributed by atoms with Crippen LogP contribution in [0.3, 0.4) is 0 Å². The zero-order valence-electron chi connectivity index (χ0n) is 15.2. The number of alkyl halides is 3. The van der Waals surface area contributed by atoms with E-state index in [2.05, 4.69) is 10.3 Å². The molecule has 3 aromatic rings. The van der Waals surface area contributed by atoms with Gasteiger partial charge in [0.05, 0.1) is 5.56 Å². The van der Waals surface area contributed by atoms with Crippen molar-refractivity contribution in [3.05, 3.63) is 95.8 Å². The van der Waals surface area contributed by atoms with E-state index in [1.54, 1.807) is 36.7 Å². The van der Waals surface area contributed by atoms with Gasteiger partial charge in [-0.25, -0.2) is 0 Å². The molecule has 1 aromatic heterocycles. The Kier molecular flexibility index (Phi) is 6.29. The van der Waals surface area contributed by atoms with Crippen LogP contribution in [0.5, 0.6) is 5.75 Å². The predicted molar refractivity (Wildman–Crippen MR) is 104 cm³/mol. The molecule has 1 amide bonds. The van der Waals surface area contributed by atoms with Crippen LogP contribution < -0.4 is 10.1 Å². The molecule has 1 heterocycles. The lowest BCUT2D eigenvalue weighted by Crippen LogP contribution is -2.08. The smallest absolute Gasteiger partial charge is 0.416 e. The van der Waals surface area contributed by atoms with Crippen LogP contribution in [-0.2, 0) is 17.6 Å². The number of ether oxygens (including phenoxy) is 1. The topological polar surface area (TPSA) is 51.2 Å². The van der Waals surface area contributed by atoms with E-state index in [1.165, 1.54) is 24.3 Å². The standard InChI is InChI=1S/C22H17F3N2O2/c23-22(24,25)18-6-1-4-16(12-18)9-10-21(28)27-19-7-2-8-20(13-19)29-15-17-5-3-11-26-14-17/h1-14H,15H2,(H,27,28)/b10-9+. The molecule has 0 aliphatic carbocycles. The van der Waals surface area contributed by atoms with Crippen LogP contribution >= 0.6 is 0 Å². The van der Waals surface area contributed by atoms with Crippen molar-refractivity contribution in [1.29, 1.82) is 0 Å². The number of aromatic nitrogens is 1. The number of carbonyl (C=O) groups excluding carboxylic acids is 1. The fraction of sp³-hybridized carbons (Fsp3) is 0.0909. The largest absolute Gasteiger partial charge is 0.489 e. The fourth-order valence-electron chi connectivity index (χ4n) is 2.49. The van der Waals surface area contributed by atoms with E-state index in [-0.39, 0.29) is 5.56 Å². The Bertz CT molecular complexity index is 1000. The fourth-order valence-corrected chi connectivity index (χ4v) is 2.49. The minimum atomic E-state index is -4.43. The minimum Gasteiger partial charge on any atom is -0.489 e. The van der Waals surface area contributed by atoms with Crippen LogP contribution in [0.2, 0.25) is 0 Å². The number of nitrogens with zero attached hydrogens (tertiary/aromatic N) is 1. The lowest BCUT2D eigenvalue weighted by Gasteiger charge is -2.08. The van der Waals surface area contributed by atoms with Gasteiger partial charge in [-0.05, 0) is 42.0 Å². The third kappa shape index (κ3) is 6.21. The number of halogens is 3. The number of amides is 1. The maximum absolute atomic E-state index is 12.7. The predicted octanol–water partition coefficient (Wildman–Crippen LogP) is 5.33. The van der Waals surface area contributed by atoms with Crippen LogP contribution in [0.1, 0.15) is 16.7 Å². The van der Waals surface area contributed by atoms with Crippen LogP contribution in [0.15, 0.2) is 79.1 Å². The first-order valence-electron chi connectivity index (χ1n) is 8.68. The Balaban J connectivity index is 1.60. The highest BCUT2D eigenvalue weighted by Crippen LogP contribution is 2.29. The summed E-state index contributed by atoms with van der Waals surface area (Å²) >= 11 is 0. The van der Waals surface area contributed by atoms with Crippen molar-refractivity contribution in [3.63, 3.8) is 0 Å². The van der Waals surface area contributed by atoms with Gasteiger partial charge in [-0.3, -0.25) is 9.78 Å². The van der Waals surface area contributed by atoms with Crippen molar-refractivity contribution in [1.82, 2.24) is 4.98 Å². The molecule has 0 fully saturated rings. The molecule has 29 heavy (non-hydrogen) atoms. The first kappa shape index (κ1) is 20.1. The normalized spacial score (nSPS) is 11.4. The molecule has 0 bridgehead atoms. The van der Waals surface area contributed by atoms with Crippen molar-refractivity contribution in [2.75, 3.05) is 5.32 Å². The van der Waals surface area contributed by atoms with Crippen molar-refractivity contribution in [2.45, 2.75) is 12.8 Å². The summed E-state index contributed by atoms with van der Waals surface area (Å²) in [5, 5.41) is 2.66. The molecule has 7 heteroatoms. The molecular formula is C22H17F3N2O2. The van der Waals surface area contributed by atoms with Gasteiger partial charge in [0.1, 0.15) is 12.4 Å². The lowest BCUT2D eigenvalue weighted by atomic mass is 10.1.